The number of pyridine rings is 1. The Bertz CT molecular complexity index is 961. The molecule has 2 aliphatic rings. The molecule has 7 heteroatoms. The lowest BCUT2D eigenvalue weighted by Crippen LogP contribution is -2.36. The molecule has 1 aliphatic heterocycles. The Balaban J connectivity index is 1.61. The smallest absolute Gasteiger partial charge is 0.259 e. The Hall–Kier alpha value is -2.77. The van der Waals surface area contributed by atoms with Crippen LogP contribution in [-0.2, 0) is 0 Å². The number of aromatic nitrogens is 1. The van der Waals surface area contributed by atoms with Crippen molar-refractivity contribution in [2.45, 2.75) is 38.7 Å². The number of benzene rings is 1. The zero-order valence-corrected chi connectivity index (χ0v) is 17.1. The molecule has 1 aromatic carbocycles. The molecule has 1 amide bonds. The van der Waals surface area contributed by atoms with Crippen LogP contribution in [-0.4, -0.2) is 46.6 Å². The normalized spacial score (nSPS) is 18.2. The second kappa shape index (κ2) is 8.16. The van der Waals surface area contributed by atoms with E-state index < -0.39 is 12.7 Å². The molecule has 4 rings (SSSR count). The minimum atomic E-state index is -1.09. The van der Waals surface area contributed by atoms with E-state index in [-0.39, 0.29) is 11.7 Å². The van der Waals surface area contributed by atoms with E-state index in [0.29, 0.717) is 33.7 Å². The highest BCUT2D eigenvalue weighted by atomic mass is 16.3. The van der Waals surface area contributed by atoms with Gasteiger partial charge in [0.2, 0.25) is 0 Å². The Morgan fingerprint density at radius 2 is 1.90 bits per heavy atom. The Morgan fingerprint density at radius 1 is 1.17 bits per heavy atom. The number of carbonyl (C=O) groups is 2. The first-order chi connectivity index (χ1) is 14.4. The second-order valence-corrected chi connectivity index (χ2v) is 8.38. The summed E-state index contributed by atoms with van der Waals surface area (Å²) in [4.78, 5) is 31.3. The van der Waals surface area contributed by atoms with Gasteiger partial charge in [0.25, 0.3) is 5.91 Å². The van der Waals surface area contributed by atoms with Gasteiger partial charge in [-0.1, -0.05) is 12.1 Å². The predicted molar refractivity (Wildman–Crippen MR) is 114 cm³/mol. The van der Waals surface area contributed by atoms with E-state index in [1.165, 1.54) is 19.8 Å². The van der Waals surface area contributed by atoms with Crippen molar-refractivity contribution in [3.63, 3.8) is 0 Å². The molecule has 1 atom stereocenters. The number of nitrogens with one attached hydrogen (secondary N) is 1. The lowest BCUT2D eigenvalue weighted by Gasteiger charge is -2.34. The SMILES string of the molecule is CC(=O)c1cccc(NC(=O)c2ccc(C(O)CO)nc2N2CCC3(CC2)CC3)c1. The van der Waals surface area contributed by atoms with E-state index >= 15 is 0 Å². The van der Waals surface area contributed by atoms with Crippen molar-refractivity contribution >= 4 is 23.2 Å². The molecule has 0 radical (unpaired) electrons. The molecule has 2 heterocycles. The first-order valence-electron chi connectivity index (χ1n) is 10.4. The van der Waals surface area contributed by atoms with Gasteiger partial charge in [0.15, 0.2) is 5.78 Å². The van der Waals surface area contributed by atoms with Crippen LogP contribution in [0.25, 0.3) is 0 Å². The van der Waals surface area contributed by atoms with E-state index in [2.05, 4.69) is 15.2 Å². The molecule has 2 fully saturated rings. The van der Waals surface area contributed by atoms with Crippen LogP contribution in [0.2, 0.25) is 0 Å². The summed E-state index contributed by atoms with van der Waals surface area (Å²) in [5, 5.41) is 22.2. The summed E-state index contributed by atoms with van der Waals surface area (Å²) in [6.07, 6.45) is 3.61. The lowest BCUT2D eigenvalue weighted by atomic mass is 9.93. The number of amides is 1. The minimum Gasteiger partial charge on any atom is -0.393 e. The fourth-order valence-electron chi connectivity index (χ4n) is 4.04. The largest absolute Gasteiger partial charge is 0.393 e. The van der Waals surface area contributed by atoms with Gasteiger partial charge in [-0.25, -0.2) is 4.98 Å². The molecule has 1 aromatic heterocycles. The van der Waals surface area contributed by atoms with Gasteiger partial charge in [-0.15, -0.1) is 0 Å². The number of hydrogen-bond donors (Lipinski definition) is 3. The van der Waals surface area contributed by atoms with Gasteiger partial charge < -0.3 is 20.4 Å². The van der Waals surface area contributed by atoms with Crippen molar-refractivity contribution in [1.82, 2.24) is 4.98 Å². The summed E-state index contributed by atoms with van der Waals surface area (Å²) >= 11 is 0. The average Bonchev–Trinajstić information content (AvgIpc) is 3.52. The number of hydrogen-bond acceptors (Lipinski definition) is 6. The van der Waals surface area contributed by atoms with Crippen LogP contribution >= 0.6 is 0 Å². The van der Waals surface area contributed by atoms with Gasteiger partial charge in [-0.3, -0.25) is 9.59 Å². The van der Waals surface area contributed by atoms with Gasteiger partial charge in [-0.2, -0.15) is 0 Å². The van der Waals surface area contributed by atoms with Crippen LogP contribution in [0.4, 0.5) is 11.5 Å². The van der Waals surface area contributed by atoms with Gasteiger partial charge in [0.05, 0.1) is 17.9 Å². The molecular formula is C23H27N3O4. The fraction of sp³-hybridized carbons (Fsp3) is 0.435. The van der Waals surface area contributed by atoms with Crippen LogP contribution < -0.4 is 10.2 Å². The third kappa shape index (κ3) is 4.22. The monoisotopic (exact) mass is 409 g/mol. The molecule has 7 nitrogen and oxygen atoms in total. The Labute approximate surface area is 175 Å². The molecule has 2 aromatic rings. The lowest BCUT2D eigenvalue weighted by molar-refractivity contribution is 0.0921. The number of carbonyl (C=O) groups excluding carboxylic acids is 2. The van der Waals surface area contributed by atoms with Gasteiger partial charge in [-0.05, 0) is 62.3 Å². The number of ketones is 1. The Kier molecular flexibility index (Phi) is 5.58. The molecule has 30 heavy (non-hydrogen) atoms. The average molecular weight is 409 g/mol. The molecule has 0 bridgehead atoms. The van der Waals surface area contributed by atoms with Crippen LogP contribution in [0, 0.1) is 5.41 Å². The topological polar surface area (TPSA) is 103 Å². The highest BCUT2D eigenvalue weighted by molar-refractivity contribution is 6.08. The van der Waals surface area contributed by atoms with Crippen molar-refractivity contribution in [3.8, 4) is 0 Å². The maximum atomic E-state index is 13.1. The van der Waals surface area contributed by atoms with Crippen LogP contribution in [0.15, 0.2) is 36.4 Å². The zero-order chi connectivity index (χ0) is 21.3. The Morgan fingerprint density at radius 3 is 2.53 bits per heavy atom. The number of rotatable bonds is 6. The number of Topliss-reactive ketones (excluding diaryl/α,β-unsaturated/α-hetero) is 1. The van der Waals surface area contributed by atoms with Gasteiger partial charge >= 0.3 is 0 Å². The van der Waals surface area contributed by atoms with Crippen molar-refractivity contribution in [3.05, 3.63) is 53.2 Å². The summed E-state index contributed by atoms with van der Waals surface area (Å²) in [6.45, 7) is 2.67. The molecule has 1 saturated heterocycles. The first kappa shape index (κ1) is 20.5. The van der Waals surface area contributed by atoms with E-state index in [4.69, 9.17) is 0 Å². The summed E-state index contributed by atoms with van der Waals surface area (Å²) in [7, 11) is 0. The number of aliphatic hydroxyl groups excluding tert-OH is 2. The highest BCUT2D eigenvalue weighted by Crippen LogP contribution is 2.54. The maximum absolute atomic E-state index is 13.1. The minimum absolute atomic E-state index is 0.0712. The standard InChI is InChI=1S/C23H27N3O4/c1-15(28)16-3-2-4-17(13-16)24-22(30)18-5-6-19(20(29)14-27)25-21(18)26-11-9-23(7-8-23)10-12-26/h2-6,13,20,27,29H,7-12,14H2,1H3,(H,24,30). The second-order valence-electron chi connectivity index (χ2n) is 8.38. The molecule has 1 spiro atoms. The number of piperidine rings is 1. The van der Waals surface area contributed by atoms with Gasteiger partial charge in [0.1, 0.15) is 11.9 Å². The molecule has 1 unspecified atom stereocenters. The van der Waals surface area contributed by atoms with Crippen LogP contribution in [0.5, 0.6) is 0 Å². The van der Waals surface area contributed by atoms with E-state index in [0.717, 1.165) is 25.9 Å². The zero-order valence-electron chi connectivity index (χ0n) is 17.1. The molecular weight excluding hydrogens is 382 g/mol. The summed E-state index contributed by atoms with van der Waals surface area (Å²) in [6, 6.07) is 10.0. The van der Waals surface area contributed by atoms with Crippen LogP contribution in [0.3, 0.4) is 0 Å². The number of anilines is 2. The van der Waals surface area contributed by atoms with Crippen molar-refractivity contribution in [2.24, 2.45) is 5.41 Å². The number of aliphatic hydroxyl groups is 2. The number of nitrogens with zero attached hydrogens (tertiary/aromatic N) is 2. The third-order valence-electron chi connectivity index (χ3n) is 6.26. The predicted octanol–water partition coefficient (Wildman–Crippen LogP) is 2.94. The highest BCUT2D eigenvalue weighted by Gasteiger charge is 2.45. The van der Waals surface area contributed by atoms with Crippen LogP contribution in [0.1, 0.15) is 65.1 Å². The van der Waals surface area contributed by atoms with Crippen molar-refractivity contribution < 1.29 is 19.8 Å². The molecule has 158 valence electrons. The van der Waals surface area contributed by atoms with Crippen molar-refractivity contribution in [2.75, 3.05) is 29.9 Å². The first-order valence-corrected chi connectivity index (χ1v) is 10.4. The van der Waals surface area contributed by atoms with E-state index in [1.54, 1.807) is 36.4 Å². The molecule has 1 aliphatic carbocycles. The molecule has 1 saturated carbocycles. The fourth-order valence-corrected chi connectivity index (χ4v) is 4.04. The van der Waals surface area contributed by atoms with Gasteiger partial charge in [0, 0.05) is 24.3 Å². The summed E-state index contributed by atoms with van der Waals surface area (Å²) in [5.41, 5.74) is 2.29. The van der Waals surface area contributed by atoms with E-state index in [9.17, 15) is 19.8 Å². The third-order valence-corrected chi connectivity index (χ3v) is 6.26. The molecule has 3 N–H and O–H groups in total. The summed E-state index contributed by atoms with van der Waals surface area (Å²) < 4.78 is 0. The quantitative estimate of drug-likeness (QED) is 0.634. The van der Waals surface area contributed by atoms with E-state index in [1.807, 2.05) is 0 Å². The maximum Gasteiger partial charge on any atom is 0.259 e. The summed E-state index contributed by atoms with van der Waals surface area (Å²) in [5.74, 6) is 0.129. The van der Waals surface area contributed by atoms with Crippen molar-refractivity contribution in [1.29, 1.82) is 0 Å².